The van der Waals surface area contributed by atoms with Crippen LogP contribution in [0.25, 0.3) is 0 Å². The van der Waals surface area contributed by atoms with Crippen LogP contribution in [0.5, 0.6) is 0 Å². The van der Waals surface area contributed by atoms with Crippen LogP contribution in [0.15, 0.2) is 34.7 Å². The van der Waals surface area contributed by atoms with E-state index >= 15 is 0 Å². The molecule has 2 nitrogen and oxygen atoms in total. The summed E-state index contributed by atoms with van der Waals surface area (Å²) >= 11 is 0. The first-order valence-corrected chi connectivity index (χ1v) is 6.95. The average molecular weight is 257 g/mol. The van der Waals surface area contributed by atoms with Crippen LogP contribution in [0.4, 0.5) is 0 Å². The third-order valence-corrected chi connectivity index (χ3v) is 3.44. The molecule has 0 aliphatic rings. The first kappa shape index (κ1) is 13.9. The molecule has 0 spiro atoms. The predicted octanol–water partition coefficient (Wildman–Crippen LogP) is 3.96. The van der Waals surface area contributed by atoms with Crippen LogP contribution in [-0.2, 0) is 12.8 Å². The highest BCUT2D eigenvalue weighted by Gasteiger charge is 2.14. The van der Waals surface area contributed by atoms with Crippen molar-refractivity contribution in [2.24, 2.45) is 0 Å². The summed E-state index contributed by atoms with van der Waals surface area (Å²) < 4.78 is 5.86. The maximum Gasteiger partial charge on any atom is 0.121 e. The summed E-state index contributed by atoms with van der Waals surface area (Å²) in [7, 11) is 1.99. The van der Waals surface area contributed by atoms with E-state index in [2.05, 4.69) is 56.4 Å². The number of nitrogens with one attached hydrogen (secondary N) is 1. The van der Waals surface area contributed by atoms with Crippen molar-refractivity contribution in [3.05, 3.63) is 58.5 Å². The Kier molecular flexibility index (Phi) is 4.43. The van der Waals surface area contributed by atoms with E-state index in [-0.39, 0.29) is 6.04 Å². The molecule has 0 aliphatic carbocycles. The number of likely N-dealkylation sites (N-methyl/N-ethyl adjacent to an activating group) is 1. The molecule has 19 heavy (non-hydrogen) atoms. The Morgan fingerprint density at radius 2 is 1.79 bits per heavy atom. The summed E-state index contributed by atoms with van der Waals surface area (Å²) in [6, 6.07) is 11.1. The van der Waals surface area contributed by atoms with Crippen molar-refractivity contribution in [1.82, 2.24) is 5.32 Å². The van der Waals surface area contributed by atoms with Crippen molar-refractivity contribution in [3.8, 4) is 0 Å². The zero-order valence-electron chi connectivity index (χ0n) is 12.3. The monoisotopic (exact) mass is 257 g/mol. The van der Waals surface area contributed by atoms with Crippen molar-refractivity contribution in [1.29, 1.82) is 0 Å². The lowest BCUT2D eigenvalue weighted by Gasteiger charge is -2.14. The molecule has 0 bridgehead atoms. The normalized spacial score (nSPS) is 12.6. The van der Waals surface area contributed by atoms with Gasteiger partial charge in [-0.05, 0) is 45.0 Å². The van der Waals surface area contributed by atoms with Crippen molar-refractivity contribution >= 4 is 0 Å². The second kappa shape index (κ2) is 6.07. The molecule has 1 N–H and O–H groups in total. The van der Waals surface area contributed by atoms with E-state index in [1.54, 1.807) is 0 Å². The topological polar surface area (TPSA) is 25.2 Å². The Bertz CT molecular complexity index is 522. The quantitative estimate of drug-likeness (QED) is 0.877. The van der Waals surface area contributed by atoms with Crippen LogP contribution in [-0.4, -0.2) is 7.05 Å². The minimum absolute atomic E-state index is 0.237. The molecule has 0 amide bonds. The first-order valence-electron chi connectivity index (χ1n) is 6.95. The molecule has 0 aliphatic heterocycles. The summed E-state index contributed by atoms with van der Waals surface area (Å²) in [5.41, 5.74) is 3.99. The molecule has 1 aromatic heterocycles. The standard InChI is InChI=1S/C17H23NO/c1-5-15-6-7-17(19-15)16(18-4)11-14-9-12(2)8-13(3)10-14/h6-10,16,18H,5,11H2,1-4H3. The van der Waals surface area contributed by atoms with Crippen molar-refractivity contribution in [3.63, 3.8) is 0 Å². The molecule has 2 heteroatoms. The highest BCUT2D eigenvalue weighted by molar-refractivity contribution is 5.29. The third kappa shape index (κ3) is 3.48. The van der Waals surface area contributed by atoms with Crippen LogP contribution in [0.1, 0.15) is 41.2 Å². The minimum atomic E-state index is 0.237. The second-order valence-corrected chi connectivity index (χ2v) is 5.20. The number of rotatable bonds is 5. The number of furan rings is 1. The molecule has 102 valence electrons. The zero-order valence-corrected chi connectivity index (χ0v) is 12.3. The van der Waals surface area contributed by atoms with Gasteiger partial charge in [0.2, 0.25) is 0 Å². The van der Waals surface area contributed by atoms with E-state index < -0.39 is 0 Å². The van der Waals surface area contributed by atoms with Gasteiger partial charge in [-0.3, -0.25) is 0 Å². The van der Waals surface area contributed by atoms with E-state index in [1.807, 2.05) is 7.05 Å². The Balaban J connectivity index is 2.18. The molecule has 1 atom stereocenters. The maximum absolute atomic E-state index is 5.86. The molecule has 1 aromatic carbocycles. The Hall–Kier alpha value is -1.54. The maximum atomic E-state index is 5.86. The van der Waals surface area contributed by atoms with Gasteiger partial charge < -0.3 is 9.73 Å². The lowest BCUT2D eigenvalue weighted by Crippen LogP contribution is -2.18. The Morgan fingerprint density at radius 1 is 1.11 bits per heavy atom. The summed E-state index contributed by atoms with van der Waals surface area (Å²) in [4.78, 5) is 0. The minimum Gasteiger partial charge on any atom is -0.464 e. The third-order valence-electron chi connectivity index (χ3n) is 3.44. The van der Waals surface area contributed by atoms with Gasteiger partial charge in [0, 0.05) is 6.42 Å². The number of benzene rings is 1. The summed E-state index contributed by atoms with van der Waals surface area (Å²) in [6.45, 7) is 6.40. The van der Waals surface area contributed by atoms with Crippen molar-refractivity contribution in [2.75, 3.05) is 7.05 Å². The first-order chi connectivity index (χ1) is 9.12. The molecule has 2 aromatic rings. The van der Waals surface area contributed by atoms with Gasteiger partial charge in [-0.15, -0.1) is 0 Å². The molecule has 0 fully saturated rings. The summed E-state index contributed by atoms with van der Waals surface area (Å²) in [6.07, 6.45) is 1.90. The van der Waals surface area contributed by atoms with Gasteiger partial charge in [-0.25, -0.2) is 0 Å². The molecular formula is C17H23NO. The lowest BCUT2D eigenvalue weighted by molar-refractivity contribution is 0.407. The molecule has 0 saturated heterocycles. The van der Waals surface area contributed by atoms with E-state index in [4.69, 9.17) is 4.42 Å². The molecule has 0 radical (unpaired) electrons. The molecule has 1 unspecified atom stereocenters. The van der Waals surface area contributed by atoms with Crippen LogP contribution >= 0.6 is 0 Å². The van der Waals surface area contributed by atoms with Gasteiger partial charge in [-0.2, -0.15) is 0 Å². The van der Waals surface area contributed by atoms with Gasteiger partial charge >= 0.3 is 0 Å². The summed E-state index contributed by atoms with van der Waals surface area (Å²) in [5, 5.41) is 3.35. The highest BCUT2D eigenvalue weighted by atomic mass is 16.3. The van der Waals surface area contributed by atoms with Crippen molar-refractivity contribution in [2.45, 2.75) is 39.7 Å². The lowest BCUT2D eigenvalue weighted by atomic mass is 10.00. The molecule has 0 saturated carbocycles. The fraction of sp³-hybridized carbons (Fsp3) is 0.412. The van der Waals surface area contributed by atoms with Gasteiger partial charge in [0.15, 0.2) is 0 Å². The largest absolute Gasteiger partial charge is 0.464 e. The second-order valence-electron chi connectivity index (χ2n) is 5.20. The SMILES string of the molecule is CCc1ccc(C(Cc2cc(C)cc(C)c2)NC)o1. The Morgan fingerprint density at radius 3 is 2.32 bits per heavy atom. The van der Waals surface area contributed by atoms with E-state index in [0.717, 1.165) is 24.4 Å². The van der Waals surface area contributed by atoms with Crippen molar-refractivity contribution < 1.29 is 4.42 Å². The predicted molar refractivity (Wildman–Crippen MR) is 79.5 cm³/mol. The van der Waals surface area contributed by atoms with E-state index in [0.29, 0.717) is 0 Å². The van der Waals surface area contributed by atoms with Crippen LogP contribution in [0, 0.1) is 13.8 Å². The number of aryl methyl sites for hydroxylation is 3. The molecule has 2 rings (SSSR count). The van der Waals surface area contributed by atoms with Gasteiger partial charge in [-0.1, -0.05) is 36.2 Å². The van der Waals surface area contributed by atoms with Crippen LogP contribution < -0.4 is 5.32 Å². The van der Waals surface area contributed by atoms with Gasteiger partial charge in [0.05, 0.1) is 6.04 Å². The fourth-order valence-electron chi connectivity index (χ4n) is 2.54. The van der Waals surface area contributed by atoms with Gasteiger partial charge in [0.1, 0.15) is 11.5 Å². The molecule has 1 heterocycles. The molecular weight excluding hydrogens is 234 g/mol. The number of hydrogen-bond acceptors (Lipinski definition) is 2. The highest BCUT2D eigenvalue weighted by Crippen LogP contribution is 2.22. The summed E-state index contributed by atoms with van der Waals surface area (Å²) in [5.74, 6) is 2.08. The van der Waals surface area contributed by atoms with Crippen LogP contribution in [0.2, 0.25) is 0 Å². The van der Waals surface area contributed by atoms with E-state index in [9.17, 15) is 0 Å². The fourth-order valence-corrected chi connectivity index (χ4v) is 2.54. The zero-order chi connectivity index (χ0) is 13.8. The smallest absolute Gasteiger partial charge is 0.121 e. The number of hydrogen-bond donors (Lipinski definition) is 1. The Labute approximate surface area is 115 Å². The van der Waals surface area contributed by atoms with Crippen LogP contribution in [0.3, 0.4) is 0 Å². The van der Waals surface area contributed by atoms with E-state index in [1.165, 1.54) is 16.7 Å². The van der Waals surface area contributed by atoms with Gasteiger partial charge in [0.25, 0.3) is 0 Å². The average Bonchev–Trinajstić information content (AvgIpc) is 2.83.